The highest BCUT2D eigenvalue weighted by atomic mass is 32.2. The van der Waals surface area contributed by atoms with Gasteiger partial charge in [0.2, 0.25) is 21.8 Å². The third-order valence-electron chi connectivity index (χ3n) is 5.54. The van der Waals surface area contributed by atoms with Crippen molar-refractivity contribution >= 4 is 27.5 Å². The molecule has 0 saturated carbocycles. The van der Waals surface area contributed by atoms with Gasteiger partial charge in [-0.15, -0.1) is 0 Å². The van der Waals surface area contributed by atoms with Crippen LogP contribution in [-0.4, -0.2) is 49.5 Å². The smallest absolute Gasteiger partial charge is 0.242 e. The first kappa shape index (κ1) is 28.4. The predicted molar refractivity (Wildman–Crippen MR) is 142 cm³/mol. The van der Waals surface area contributed by atoms with E-state index in [2.05, 4.69) is 5.32 Å². The Morgan fingerprint density at radius 3 is 2.14 bits per heavy atom. The number of amides is 2. The van der Waals surface area contributed by atoms with Crippen LogP contribution >= 0.6 is 0 Å². The van der Waals surface area contributed by atoms with Gasteiger partial charge in [0.05, 0.1) is 11.9 Å². The van der Waals surface area contributed by atoms with E-state index in [1.165, 1.54) is 10.6 Å². The molecule has 0 saturated heterocycles. The Morgan fingerprint density at radius 2 is 1.60 bits per heavy atom. The van der Waals surface area contributed by atoms with Crippen LogP contribution < -0.4 is 9.62 Å². The molecular formula is C27H39N3O4S. The first-order valence-corrected chi connectivity index (χ1v) is 13.7. The molecule has 0 fully saturated rings. The average molecular weight is 502 g/mol. The lowest BCUT2D eigenvalue weighted by Crippen LogP contribution is -2.52. The minimum atomic E-state index is -3.51. The van der Waals surface area contributed by atoms with E-state index in [0.717, 1.165) is 16.7 Å². The van der Waals surface area contributed by atoms with E-state index in [1.54, 1.807) is 17.9 Å². The number of benzene rings is 2. The van der Waals surface area contributed by atoms with Crippen molar-refractivity contribution in [2.45, 2.75) is 72.5 Å². The van der Waals surface area contributed by atoms with E-state index < -0.39 is 21.6 Å². The zero-order valence-electron chi connectivity index (χ0n) is 22.0. The predicted octanol–water partition coefficient (Wildman–Crippen LogP) is 4.18. The molecule has 0 aromatic heterocycles. The molecule has 0 spiro atoms. The minimum absolute atomic E-state index is 0.122. The van der Waals surface area contributed by atoms with Crippen molar-refractivity contribution in [3.63, 3.8) is 0 Å². The molecule has 0 aliphatic carbocycles. The number of hydrogen-bond acceptors (Lipinski definition) is 4. The zero-order chi connectivity index (χ0) is 26.4. The molecule has 8 heteroatoms. The van der Waals surface area contributed by atoms with Gasteiger partial charge in [-0.25, -0.2) is 8.42 Å². The second-order valence-electron chi connectivity index (χ2n) is 10.2. The molecule has 2 aromatic carbocycles. The normalized spacial score (nSPS) is 12.7. The maximum Gasteiger partial charge on any atom is 0.242 e. The zero-order valence-corrected chi connectivity index (χ0v) is 22.8. The molecule has 192 valence electrons. The molecule has 0 aliphatic heterocycles. The molecule has 35 heavy (non-hydrogen) atoms. The Labute approximate surface area is 210 Å². The lowest BCUT2D eigenvalue weighted by molar-refractivity contribution is -0.141. The third kappa shape index (κ3) is 9.02. The number of hydrogen-bond donors (Lipinski definition) is 1. The van der Waals surface area contributed by atoms with Crippen molar-refractivity contribution in [3.8, 4) is 0 Å². The molecule has 2 amide bonds. The highest BCUT2D eigenvalue weighted by Crippen LogP contribution is 2.20. The molecule has 2 aromatic rings. The summed E-state index contributed by atoms with van der Waals surface area (Å²) in [6.45, 7) is 11.8. The largest absolute Gasteiger partial charge is 0.350 e. The molecule has 0 radical (unpaired) electrons. The van der Waals surface area contributed by atoms with Gasteiger partial charge >= 0.3 is 0 Å². The maximum atomic E-state index is 13.3. The average Bonchev–Trinajstić information content (AvgIpc) is 2.72. The SMILES string of the molecule is Cc1cccc(CN(C(=O)CCCN(c2cccc(C)c2)S(C)(=O)=O)[C@H](C)C(=O)NC(C)(C)C)c1. The summed E-state index contributed by atoms with van der Waals surface area (Å²) >= 11 is 0. The minimum Gasteiger partial charge on any atom is -0.350 e. The first-order valence-electron chi connectivity index (χ1n) is 11.9. The van der Waals surface area contributed by atoms with Gasteiger partial charge < -0.3 is 10.2 Å². The molecule has 0 unspecified atom stereocenters. The van der Waals surface area contributed by atoms with Crippen LogP contribution in [0.2, 0.25) is 0 Å². The maximum absolute atomic E-state index is 13.3. The van der Waals surface area contributed by atoms with Crippen LogP contribution in [0.5, 0.6) is 0 Å². The monoisotopic (exact) mass is 501 g/mol. The van der Waals surface area contributed by atoms with Crippen molar-refractivity contribution in [2.24, 2.45) is 0 Å². The fourth-order valence-corrected chi connectivity index (χ4v) is 4.81. The van der Waals surface area contributed by atoms with Gasteiger partial charge in [-0.05, 0) is 71.2 Å². The lowest BCUT2D eigenvalue weighted by Gasteiger charge is -2.32. The van der Waals surface area contributed by atoms with E-state index >= 15 is 0 Å². The van der Waals surface area contributed by atoms with Crippen LogP contribution in [0.25, 0.3) is 0 Å². The van der Waals surface area contributed by atoms with Gasteiger partial charge in [0, 0.05) is 25.0 Å². The Balaban J connectivity index is 2.19. The fraction of sp³-hybridized carbons (Fsp3) is 0.481. The van der Waals surface area contributed by atoms with Gasteiger partial charge in [-0.3, -0.25) is 13.9 Å². The first-order chi connectivity index (χ1) is 16.2. The molecule has 0 bridgehead atoms. The summed E-state index contributed by atoms with van der Waals surface area (Å²) in [5.74, 6) is -0.420. The summed E-state index contributed by atoms with van der Waals surface area (Å²) in [5, 5.41) is 2.95. The van der Waals surface area contributed by atoms with Gasteiger partial charge in [-0.1, -0.05) is 42.0 Å². The summed E-state index contributed by atoms with van der Waals surface area (Å²) in [6.07, 6.45) is 1.62. The van der Waals surface area contributed by atoms with Crippen molar-refractivity contribution in [1.82, 2.24) is 10.2 Å². The topological polar surface area (TPSA) is 86.8 Å². The van der Waals surface area contributed by atoms with E-state index in [-0.39, 0.29) is 24.8 Å². The summed E-state index contributed by atoms with van der Waals surface area (Å²) < 4.78 is 26.2. The van der Waals surface area contributed by atoms with Gasteiger partial charge in [0.15, 0.2) is 0 Å². The summed E-state index contributed by atoms with van der Waals surface area (Å²) in [7, 11) is -3.51. The Bertz CT molecular complexity index is 1140. The molecule has 0 heterocycles. The molecule has 0 aliphatic rings. The second kappa shape index (κ2) is 11.7. The van der Waals surface area contributed by atoms with Crippen LogP contribution in [0.15, 0.2) is 48.5 Å². The van der Waals surface area contributed by atoms with Crippen LogP contribution in [0.4, 0.5) is 5.69 Å². The summed E-state index contributed by atoms with van der Waals surface area (Å²) in [5.41, 5.74) is 3.12. The standard InChI is InChI=1S/C27H39N3O4S/c1-20-11-8-13-23(17-20)19-29(22(3)26(32)28-27(4,5)6)25(31)15-10-16-30(35(7,33)34)24-14-9-12-21(2)18-24/h8-9,11-14,17-18,22H,10,15-16,19H2,1-7H3,(H,28,32)/t22-/m1/s1. The van der Waals surface area contributed by atoms with E-state index in [1.807, 2.05) is 77.1 Å². The van der Waals surface area contributed by atoms with Crippen molar-refractivity contribution < 1.29 is 18.0 Å². The molecular weight excluding hydrogens is 462 g/mol. The Kier molecular flexibility index (Phi) is 9.49. The number of nitrogens with one attached hydrogen (secondary N) is 1. The number of nitrogens with zero attached hydrogens (tertiary/aromatic N) is 2. The fourth-order valence-electron chi connectivity index (χ4n) is 3.85. The van der Waals surface area contributed by atoms with E-state index in [9.17, 15) is 18.0 Å². The third-order valence-corrected chi connectivity index (χ3v) is 6.74. The van der Waals surface area contributed by atoms with Gasteiger partial charge in [0.25, 0.3) is 0 Å². The molecule has 1 atom stereocenters. The number of rotatable bonds is 10. The number of sulfonamides is 1. The van der Waals surface area contributed by atoms with Gasteiger partial charge in [0.1, 0.15) is 6.04 Å². The molecule has 2 rings (SSSR count). The number of aryl methyl sites for hydroxylation is 2. The lowest BCUT2D eigenvalue weighted by atomic mass is 10.1. The number of anilines is 1. The number of carbonyl (C=O) groups is 2. The highest BCUT2D eigenvalue weighted by Gasteiger charge is 2.28. The molecule has 7 nitrogen and oxygen atoms in total. The highest BCUT2D eigenvalue weighted by molar-refractivity contribution is 7.92. The number of carbonyl (C=O) groups excluding carboxylic acids is 2. The van der Waals surface area contributed by atoms with Crippen LogP contribution in [0, 0.1) is 13.8 Å². The van der Waals surface area contributed by atoms with Crippen molar-refractivity contribution in [2.75, 3.05) is 17.1 Å². The van der Waals surface area contributed by atoms with Crippen LogP contribution in [0.1, 0.15) is 57.2 Å². The second-order valence-corrected chi connectivity index (χ2v) is 12.1. The van der Waals surface area contributed by atoms with Crippen LogP contribution in [0.3, 0.4) is 0 Å². The van der Waals surface area contributed by atoms with E-state index in [4.69, 9.17) is 0 Å². The van der Waals surface area contributed by atoms with Gasteiger partial charge in [-0.2, -0.15) is 0 Å². The summed E-state index contributed by atoms with van der Waals surface area (Å²) in [4.78, 5) is 27.8. The Hall–Kier alpha value is -2.87. The van der Waals surface area contributed by atoms with Crippen molar-refractivity contribution in [1.29, 1.82) is 0 Å². The molecule has 1 N–H and O–H groups in total. The van der Waals surface area contributed by atoms with Crippen molar-refractivity contribution in [3.05, 3.63) is 65.2 Å². The summed E-state index contributed by atoms with van der Waals surface area (Å²) in [6, 6.07) is 14.4. The van der Waals surface area contributed by atoms with Crippen LogP contribution in [-0.2, 0) is 26.2 Å². The quantitative estimate of drug-likeness (QED) is 0.529. The Morgan fingerprint density at radius 1 is 1.00 bits per heavy atom. The van der Waals surface area contributed by atoms with E-state index in [0.29, 0.717) is 18.7 Å².